The number of halogens is 1. The van der Waals surface area contributed by atoms with Gasteiger partial charge in [0.25, 0.3) is 0 Å². The van der Waals surface area contributed by atoms with E-state index in [2.05, 4.69) is 21.5 Å². The Morgan fingerprint density at radius 3 is 2.92 bits per heavy atom. The third kappa shape index (κ3) is 3.83. The van der Waals surface area contributed by atoms with Crippen molar-refractivity contribution >= 4 is 29.2 Å². The average molecular weight is 218 g/mol. The Morgan fingerprint density at radius 1 is 1.54 bits per heavy atom. The molecule has 1 aromatic rings. The Bertz CT molecular complexity index is 260. The van der Waals surface area contributed by atoms with Crippen molar-refractivity contribution in [1.29, 1.82) is 0 Å². The van der Waals surface area contributed by atoms with Crippen molar-refractivity contribution in [2.24, 2.45) is 0 Å². The number of nitrogens with zero attached hydrogens (tertiary/aromatic N) is 2. The maximum absolute atomic E-state index is 5.77. The standard InChI is InChI=1S/C8H12ClN3S/c1-6-11-7(9)5-8(12-6)10-3-4-13-2/h5H,3-4H2,1-2H3,(H,10,11,12). The van der Waals surface area contributed by atoms with Gasteiger partial charge < -0.3 is 5.32 Å². The molecule has 0 saturated heterocycles. The summed E-state index contributed by atoms with van der Waals surface area (Å²) in [6.07, 6.45) is 2.07. The first-order valence-electron chi connectivity index (χ1n) is 3.96. The first kappa shape index (κ1) is 10.6. The van der Waals surface area contributed by atoms with Crippen molar-refractivity contribution in [1.82, 2.24) is 9.97 Å². The molecule has 0 spiro atoms. The fourth-order valence-corrected chi connectivity index (χ4v) is 1.43. The second-order valence-electron chi connectivity index (χ2n) is 2.54. The molecule has 0 aliphatic heterocycles. The summed E-state index contributed by atoms with van der Waals surface area (Å²) in [7, 11) is 0. The number of hydrogen-bond acceptors (Lipinski definition) is 4. The zero-order chi connectivity index (χ0) is 9.68. The molecule has 3 nitrogen and oxygen atoms in total. The summed E-state index contributed by atoms with van der Waals surface area (Å²) in [5.74, 6) is 2.55. The van der Waals surface area contributed by atoms with Gasteiger partial charge in [-0.1, -0.05) is 11.6 Å². The molecule has 0 radical (unpaired) electrons. The average Bonchev–Trinajstić information content (AvgIpc) is 2.03. The molecule has 0 aliphatic rings. The predicted molar refractivity (Wildman–Crippen MR) is 58.7 cm³/mol. The predicted octanol–water partition coefficient (Wildman–Crippen LogP) is 2.21. The fourth-order valence-electron chi connectivity index (χ4n) is 0.903. The van der Waals surface area contributed by atoms with Gasteiger partial charge in [0.1, 0.15) is 16.8 Å². The molecule has 0 aromatic carbocycles. The molecule has 0 amide bonds. The van der Waals surface area contributed by atoms with Crippen LogP contribution in [0.3, 0.4) is 0 Å². The van der Waals surface area contributed by atoms with E-state index >= 15 is 0 Å². The summed E-state index contributed by atoms with van der Waals surface area (Å²) < 4.78 is 0. The van der Waals surface area contributed by atoms with Crippen LogP contribution >= 0.6 is 23.4 Å². The molecule has 0 aliphatic carbocycles. The van der Waals surface area contributed by atoms with Crippen LogP contribution in [-0.2, 0) is 0 Å². The molecule has 1 N–H and O–H groups in total. The first-order valence-corrected chi connectivity index (χ1v) is 5.73. The van der Waals surface area contributed by atoms with Gasteiger partial charge in [-0.2, -0.15) is 11.8 Å². The number of aromatic nitrogens is 2. The van der Waals surface area contributed by atoms with E-state index in [1.54, 1.807) is 17.8 Å². The zero-order valence-corrected chi connectivity index (χ0v) is 9.24. The van der Waals surface area contributed by atoms with E-state index in [0.717, 1.165) is 18.1 Å². The molecule has 0 fully saturated rings. The Balaban J connectivity index is 2.56. The Hall–Kier alpha value is -0.480. The highest BCUT2D eigenvalue weighted by Gasteiger charge is 1.97. The smallest absolute Gasteiger partial charge is 0.134 e. The molecule has 1 rings (SSSR count). The Labute approximate surface area is 87.3 Å². The lowest BCUT2D eigenvalue weighted by Gasteiger charge is -2.04. The van der Waals surface area contributed by atoms with Crippen molar-refractivity contribution in [3.8, 4) is 0 Å². The molecule has 72 valence electrons. The summed E-state index contributed by atoms with van der Waals surface area (Å²) >= 11 is 7.56. The van der Waals surface area contributed by atoms with Crippen molar-refractivity contribution in [2.45, 2.75) is 6.92 Å². The molecule has 5 heteroatoms. The van der Waals surface area contributed by atoms with E-state index in [9.17, 15) is 0 Å². The van der Waals surface area contributed by atoms with Crippen LogP contribution in [0.25, 0.3) is 0 Å². The van der Waals surface area contributed by atoms with Crippen LogP contribution in [0.4, 0.5) is 5.82 Å². The minimum absolute atomic E-state index is 0.485. The molecule has 0 atom stereocenters. The Morgan fingerprint density at radius 2 is 2.31 bits per heavy atom. The lowest BCUT2D eigenvalue weighted by Crippen LogP contribution is -2.06. The van der Waals surface area contributed by atoms with Gasteiger partial charge in [0, 0.05) is 18.4 Å². The largest absolute Gasteiger partial charge is 0.369 e. The second kappa shape index (κ2) is 5.29. The van der Waals surface area contributed by atoms with Gasteiger partial charge in [0.05, 0.1) is 0 Å². The summed E-state index contributed by atoms with van der Waals surface area (Å²) in [4.78, 5) is 8.16. The number of hydrogen-bond donors (Lipinski definition) is 1. The van der Waals surface area contributed by atoms with Gasteiger partial charge in [-0.15, -0.1) is 0 Å². The minimum Gasteiger partial charge on any atom is -0.369 e. The molecule has 13 heavy (non-hydrogen) atoms. The summed E-state index contributed by atoms with van der Waals surface area (Å²) in [6, 6.07) is 1.73. The lowest BCUT2D eigenvalue weighted by atomic mass is 10.5. The number of thioether (sulfide) groups is 1. The van der Waals surface area contributed by atoms with Crippen molar-refractivity contribution in [3.05, 3.63) is 17.0 Å². The maximum Gasteiger partial charge on any atom is 0.134 e. The van der Waals surface area contributed by atoms with E-state index in [1.165, 1.54) is 0 Å². The van der Waals surface area contributed by atoms with Crippen molar-refractivity contribution in [3.63, 3.8) is 0 Å². The van der Waals surface area contributed by atoms with E-state index in [1.807, 2.05) is 6.92 Å². The van der Waals surface area contributed by atoms with Crippen LogP contribution in [0.5, 0.6) is 0 Å². The highest BCUT2D eigenvalue weighted by Crippen LogP contribution is 2.10. The van der Waals surface area contributed by atoms with Crippen LogP contribution < -0.4 is 5.32 Å². The van der Waals surface area contributed by atoms with Gasteiger partial charge in [-0.25, -0.2) is 9.97 Å². The fraction of sp³-hybridized carbons (Fsp3) is 0.500. The van der Waals surface area contributed by atoms with Crippen LogP contribution in [0.1, 0.15) is 5.82 Å². The van der Waals surface area contributed by atoms with E-state index in [-0.39, 0.29) is 0 Å². The molecular weight excluding hydrogens is 206 g/mol. The van der Waals surface area contributed by atoms with E-state index < -0.39 is 0 Å². The monoisotopic (exact) mass is 217 g/mol. The van der Waals surface area contributed by atoms with Crippen LogP contribution in [0.15, 0.2) is 6.07 Å². The van der Waals surface area contributed by atoms with Gasteiger partial charge in [-0.3, -0.25) is 0 Å². The topological polar surface area (TPSA) is 37.8 Å². The SMILES string of the molecule is CSCCNc1cc(Cl)nc(C)n1. The molecular formula is C8H12ClN3S. The van der Waals surface area contributed by atoms with Crippen molar-refractivity contribution < 1.29 is 0 Å². The quantitative estimate of drug-likeness (QED) is 0.620. The van der Waals surface area contributed by atoms with E-state index in [0.29, 0.717) is 11.0 Å². The Kier molecular flexibility index (Phi) is 4.32. The summed E-state index contributed by atoms with van der Waals surface area (Å²) in [6.45, 7) is 2.72. The van der Waals surface area contributed by atoms with Crippen LogP contribution in [0.2, 0.25) is 5.15 Å². The van der Waals surface area contributed by atoms with Crippen LogP contribution in [-0.4, -0.2) is 28.5 Å². The number of rotatable bonds is 4. The van der Waals surface area contributed by atoms with Gasteiger partial charge in [0.15, 0.2) is 0 Å². The normalized spacial score (nSPS) is 10.1. The highest BCUT2D eigenvalue weighted by molar-refractivity contribution is 7.98. The van der Waals surface area contributed by atoms with Gasteiger partial charge in [0.2, 0.25) is 0 Å². The van der Waals surface area contributed by atoms with Crippen LogP contribution in [0, 0.1) is 6.92 Å². The molecule has 1 heterocycles. The third-order valence-corrected chi connectivity index (χ3v) is 2.22. The molecule has 0 bridgehead atoms. The summed E-state index contributed by atoms with van der Waals surface area (Å²) in [5.41, 5.74) is 0. The second-order valence-corrected chi connectivity index (χ2v) is 3.92. The van der Waals surface area contributed by atoms with Crippen molar-refractivity contribution in [2.75, 3.05) is 23.9 Å². The lowest BCUT2D eigenvalue weighted by molar-refractivity contribution is 1.04. The first-order chi connectivity index (χ1) is 6.22. The minimum atomic E-state index is 0.485. The molecule has 1 aromatic heterocycles. The zero-order valence-electron chi connectivity index (χ0n) is 7.67. The van der Waals surface area contributed by atoms with Gasteiger partial charge >= 0.3 is 0 Å². The summed E-state index contributed by atoms with van der Waals surface area (Å²) in [5, 5.41) is 3.66. The third-order valence-electron chi connectivity index (χ3n) is 1.42. The number of aryl methyl sites for hydroxylation is 1. The maximum atomic E-state index is 5.77. The molecule has 0 unspecified atom stereocenters. The number of nitrogens with one attached hydrogen (secondary N) is 1. The number of anilines is 1. The molecule has 0 saturated carbocycles. The van der Waals surface area contributed by atoms with E-state index in [4.69, 9.17) is 11.6 Å². The highest BCUT2D eigenvalue weighted by atomic mass is 35.5. The van der Waals surface area contributed by atoms with Gasteiger partial charge in [-0.05, 0) is 13.2 Å².